The van der Waals surface area contributed by atoms with Gasteiger partial charge in [-0.25, -0.2) is 9.78 Å². The monoisotopic (exact) mass is 523 g/mol. The highest BCUT2D eigenvalue weighted by molar-refractivity contribution is 9.10. The van der Waals surface area contributed by atoms with E-state index in [1.165, 1.54) is 11.1 Å². The second kappa shape index (κ2) is 10.6. The van der Waals surface area contributed by atoms with Gasteiger partial charge in [-0.05, 0) is 74.8 Å². The summed E-state index contributed by atoms with van der Waals surface area (Å²) in [5.41, 5.74) is 5.17. The standard InChI is InChI=1S/C27H34BrN5O/c1-17-13-20(28)14-18(2)26(17)32-27(34)29-16-19-9-11-21(12-10-19)30-25-15-24(33(3)4)22-7-5-6-8-23(22)31-25/h5-8,13-15,19,21H,9-12,16H2,1-4H3,(H,30,31)(H2,29,32,34)/t19-,21+. The van der Waals surface area contributed by atoms with Crippen LogP contribution >= 0.6 is 15.9 Å². The first kappa shape index (κ1) is 24.3. The third-order valence-corrected chi connectivity index (χ3v) is 7.12. The number of nitrogens with one attached hydrogen (secondary N) is 3. The SMILES string of the molecule is Cc1cc(Br)cc(C)c1NC(=O)NC[C@H]1CC[C@@H](Nc2cc(N(C)C)c3ccccc3n2)CC1. The highest BCUT2D eigenvalue weighted by Gasteiger charge is 2.22. The van der Waals surface area contributed by atoms with Crippen LogP contribution in [0.2, 0.25) is 0 Å². The lowest BCUT2D eigenvalue weighted by Crippen LogP contribution is -2.36. The van der Waals surface area contributed by atoms with Gasteiger partial charge >= 0.3 is 6.03 Å². The Balaban J connectivity index is 1.28. The van der Waals surface area contributed by atoms with Crippen LogP contribution < -0.4 is 20.9 Å². The summed E-state index contributed by atoms with van der Waals surface area (Å²) in [7, 11) is 4.14. The summed E-state index contributed by atoms with van der Waals surface area (Å²) >= 11 is 3.50. The molecule has 1 aromatic heterocycles. The molecule has 2 amide bonds. The summed E-state index contributed by atoms with van der Waals surface area (Å²) in [6.07, 6.45) is 4.32. The quantitative estimate of drug-likeness (QED) is 0.346. The lowest BCUT2D eigenvalue weighted by atomic mass is 9.86. The zero-order chi connectivity index (χ0) is 24.2. The molecule has 6 nitrogen and oxygen atoms in total. The first-order valence-electron chi connectivity index (χ1n) is 12.0. The van der Waals surface area contributed by atoms with E-state index in [1.54, 1.807) is 0 Å². The molecule has 34 heavy (non-hydrogen) atoms. The van der Waals surface area contributed by atoms with Gasteiger partial charge in [-0.2, -0.15) is 0 Å². The Morgan fingerprint density at radius 1 is 1.06 bits per heavy atom. The van der Waals surface area contributed by atoms with Crippen molar-refractivity contribution in [3.05, 3.63) is 58.1 Å². The summed E-state index contributed by atoms with van der Waals surface area (Å²) in [6, 6.07) is 14.7. The molecule has 0 bridgehead atoms. The van der Waals surface area contributed by atoms with Gasteiger partial charge in [-0.1, -0.05) is 34.1 Å². The van der Waals surface area contributed by atoms with Crippen LogP contribution in [0.5, 0.6) is 0 Å². The Labute approximate surface area is 210 Å². The number of amides is 2. The number of carbonyl (C=O) groups excluding carboxylic acids is 1. The average molecular weight is 525 g/mol. The number of rotatable bonds is 6. The molecule has 1 heterocycles. The van der Waals surface area contributed by atoms with Crippen LogP contribution in [0.1, 0.15) is 36.8 Å². The zero-order valence-electron chi connectivity index (χ0n) is 20.4. The Morgan fingerprint density at radius 3 is 2.41 bits per heavy atom. The van der Waals surface area contributed by atoms with E-state index in [0.29, 0.717) is 18.5 Å². The molecule has 0 atom stereocenters. The summed E-state index contributed by atoms with van der Waals surface area (Å²) < 4.78 is 1.02. The van der Waals surface area contributed by atoms with Gasteiger partial charge < -0.3 is 20.9 Å². The molecular formula is C27H34BrN5O. The van der Waals surface area contributed by atoms with Gasteiger partial charge in [0.2, 0.25) is 0 Å². The van der Waals surface area contributed by atoms with Gasteiger partial charge in [0.15, 0.2) is 0 Å². The van der Waals surface area contributed by atoms with Crippen molar-refractivity contribution < 1.29 is 4.79 Å². The number of halogens is 1. The van der Waals surface area contributed by atoms with Crippen molar-refractivity contribution in [1.29, 1.82) is 0 Å². The normalized spacial score (nSPS) is 17.9. The van der Waals surface area contributed by atoms with E-state index in [2.05, 4.69) is 75.1 Å². The highest BCUT2D eigenvalue weighted by Crippen LogP contribution is 2.30. The van der Waals surface area contributed by atoms with Gasteiger partial charge in [0, 0.05) is 54.0 Å². The molecule has 2 aromatic carbocycles. The predicted octanol–water partition coefficient (Wildman–Crippen LogP) is 6.47. The van der Waals surface area contributed by atoms with Crippen molar-refractivity contribution in [2.75, 3.05) is 36.2 Å². The van der Waals surface area contributed by atoms with E-state index < -0.39 is 0 Å². The van der Waals surface area contributed by atoms with Crippen molar-refractivity contribution in [1.82, 2.24) is 10.3 Å². The molecule has 0 aliphatic heterocycles. The topological polar surface area (TPSA) is 69.3 Å². The van der Waals surface area contributed by atoms with Crippen LogP contribution in [0.3, 0.4) is 0 Å². The summed E-state index contributed by atoms with van der Waals surface area (Å²) in [6.45, 7) is 4.72. The molecule has 180 valence electrons. The fraction of sp³-hybridized carbons (Fsp3) is 0.407. The van der Waals surface area contributed by atoms with Crippen molar-refractivity contribution in [2.45, 2.75) is 45.6 Å². The van der Waals surface area contributed by atoms with Crippen molar-refractivity contribution in [3.8, 4) is 0 Å². The number of carbonyl (C=O) groups is 1. The molecule has 0 radical (unpaired) electrons. The Morgan fingerprint density at radius 2 is 1.74 bits per heavy atom. The number of anilines is 3. The molecular weight excluding hydrogens is 490 g/mol. The number of nitrogens with zero attached hydrogens (tertiary/aromatic N) is 2. The number of aryl methyl sites for hydroxylation is 2. The van der Waals surface area contributed by atoms with Gasteiger partial charge in [-0.3, -0.25) is 0 Å². The largest absolute Gasteiger partial charge is 0.377 e. The van der Waals surface area contributed by atoms with Crippen LogP contribution in [-0.4, -0.2) is 37.7 Å². The highest BCUT2D eigenvalue weighted by atomic mass is 79.9. The number of hydrogen-bond acceptors (Lipinski definition) is 4. The number of urea groups is 1. The minimum absolute atomic E-state index is 0.134. The number of pyridine rings is 1. The molecule has 1 aliphatic rings. The van der Waals surface area contributed by atoms with E-state index >= 15 is 0 Å². The number of aromatic nitrogens is 1. The molecule has 4 rings (SSSR count). The molecule has 0 spiro atoms. The average Bonchev–Trinajstić information content (AvgIpc) is 2.80. The number of hydrogen-bond donors (Lipinski definition) is 3. The summed E-state index contributed by atoms with van der Waals surface area (Å²) in [4.78, 5) is 19.5. The zero-order valence-corrected chi connectivity index (χ0v) is 22.0. The van der Waals surface area contributed by atoms with E-state index in [4.69, 9.17) is 4.98 Å². The van der Waals surface area contributed by atoms with Crippen LogP contribution in [0.25, 0.3) is 10.9 Å². The molecule has 0 saturated heterocycles. The van der Waals surface area contributed by atoms with Gasteiger partial charge in [0.1, 0.15) is 5.82 Å². The second-order valence-corrected chi connectivity index (χ2v) is 10.5. The van der Waals surface area contributed by atoms with Crippen LogP contribution in [0.15, 0.2) is 46.9 Å². The first-order valence-corrected chi connectivity index (χ1v) is 12.7. The third kappa shape index (κ3) is 5.81. The summed E-state index contributed by atoms with van der Waals surface area (Å²) in [5, 5.41) is 10.9. The minimum atomic E-state index is -0.134. The van der Waals surface area contributed by atoms with Crippen LogP contribution in [-0.2, 0) is 0 Å². The minimum Gasteiger partial charge on any atom is -0.377 e. The molecule has 0 unspecified atom stereocenters. The molecule has 1 aliphatic carbocycles. The number of fused-ring (bicyclic) bond motifs is 1. The van der Waals surface area contributed by atoms with E-state index in [-0.39, 0.29) is 6.03 Å². The fourth-order valence-corrected chi connectivity index (χ4v) is 5.51. The van der Waals surface area contributed by atoms with E-state index in [1.807, 2.05) is 32.0 Å². The smallest absolute Gasteiger partial charge is 0.319 e. The predicted molar refractivity (Wildman–Crippen MR) is 146 cm³/mol. The van der Waals surface area contributed by atoms with Crippen LogP contribution in [0.4, 0.5) is 22.0 Å². The maximum absolute atomic E-state index is 12.5. The van der Waals surface area contributed by atoms with Crippen molar-refractivity contribution in [2.24, 2.45) is 5.92 Å². The van der Waals surface area contributed by atoms with Gasteiger partial charge in [0.05, 0.1) is 5.52 Å². The van der Waals surface area contributed by atoms with Crippen molar-refractivity contribution >= 4 is 50.1 Å². The Kier molecular flexibility index (Phi) is 7.61. The summed E-state index contributed by atoms with van der Waals surface area (Å²) in [5.74, 6) is 1.43. The molecule has 7 heteroatoms. The molecule has 1 saturated carbocycles. The third-order valence-electron chi connectivity index (χ3n) is 6.66. The lowest BCUT2D eigenvalue weighted by molar-refractivity contribution is 0.246. The van der Waals surface area contributed by atoms with Gasteiger partial charge in [0.25, 0.3) is 0 Å². The van der Waals surface area contributed by atoms with E-state index in [9.17, 15) is 4.79 Å². The Bertz CT molecular complexity index is 1150. The van der Waals surface area contributed by atoms with Crippen molar-refractivity contribution in [3.63, 3.8) is 0 Å². The maximum atomic E-state index is 12.5. The second-order valence-electron chi connectivity index (χ2n) is 9.55. The van der Waals surface area contributed by atoms with Gasteiger partial charge in [-0.15, -0.1) is 0 Å². The fourth-order valence-electron chi connectivity index (χ4n) is 4.82. The number of benzene rings is 2. The molecule has 3 aromatic rings. The maximum Gasteiger partial charge on any atom is 0.319 e. The Hall–Kier alpha value is -2.80. The molecule has 3 N–H and O–H groups in total. The van der Waals surface area contributed by atoms with E-state index in [0.717, 1.165) is 58.3 Å². The first-order chi connectivity index (χ1) is 16.3. The lowest BCUT2D eigenvalue weighted by Gasteiger charge is -2.30. The van der Waals surface area contributed by atoms with Crippen LogP contribution in [0, 0.1) is 19.8 Å². The number of para-hydroxylation sites is 1. The molecule has 1 fully saturated rings.